The zero-order valence-electron chi connectivity index (χ0n) is 11.3. The number of carbonyl (C=O) groups excluding carboxylic acids is 1. The van der Waals surface area contributed by atoms with Crippen LogP contribution < -0.4 is 0 Å². The van der Waals surface area contributed by atoms with Gasteiger partial charge in [0, 0.05) is 5.02 Å². The van der Waals surface area contributed by atoms with E-state index in [0.717, 1.165) is 0 Å². The van der Waals surface area contributed by atoms with Crippen LogP contribution in [0.25, 0.3) is 0 Å². The monoisotopic (exact) mass is 325 g/mol. The number of hydrogen-bond donors (Lipinski definition) is 0. The van der Waals surface area contributed by atoms with Crippen molar-refractivity contribution >= 4 is 28.8 Å². The molecule has 0 aliphatic carbocycles. The average molecular weight is 326 g/mol. The maximum absolute atomic E-state index is 12.5. The van der Waals surface area contributed by atoms with Gasteiger partial charge in [-0.2, -0.15) is 13.2 Å². The van der Waals surface area contributed by atoms with E-state index >= 15 is 0 Å². The van der Waals surface area contributed by atoms with Gasteiger partial charge in [-0.1, -0.05) is 48.0 Å². The zero-order chi connectivity index (χ0) is 16.2. The topological polar surface area (TPSA) is 29.4 Å². The first-order chi connectivity index (χ1) is 10.4. The molecule has 2 nitrogen and oxygen atoms in total. The average Bonchev–Trinajstić information content (AvgIpc) is 2.46. The van der Waals surface area contributed by atoms with Crippen molar-refractivity contribution in [3.05, 3.63) is 65.2 Å². The van der Waals surface area contributed by atoms with Gasteiger partial charge in [0.15, 0.2) is 0 Å². The Morgan fingerprint density at radius 2 is 1.73 bits per heavy atom. The van der Waals surface area contributed by atoms with Crippen LogP contribution in [0.1, 0.15) is 12.0 Å². The summed E-state index contributed by atoms with van der Waals surface area (Å²) >= 11 is 5.84. The Hall–Kier alpha value is -2.14. The molecular formula is C16H11ClF3NO. The molecule has 0 spiro atoms. The van der Waals surface area contributed by atoms with Crippen molar-refractivity contribution in [2.24, 2.45) is 4.99 Å². The second-order valence-corrected chi connectivity index (χ2v) is 4.94. The molecule has 0 aliphatic heterocycles. The second kappa shape index (κ2) is 6.75. The Kier molecular flexibility index (Phi) is 4.98. The summed E-state index contributed by atoms with van der Waals surface area (Å²) in [5, 5.41) is 0.413. The highest BCUT2D eigenvalue weighted by Crippen LogP contribution is 2.23. The van der Waals surface area contributed by atoms with Crippen molar-refractivity contribution in [2.75, 3.05) is 0 Å². The minimum atomic E-state index is -4.89. The highest BCUT2D eigenvalue weighted by molar-refractivity contribution is 6.30. The summed E-state index contributed by atoms with van der Waals surface area (Å²) in [6, 6.07) is 14.7. The molecule has 0 N–H and O–H groups in total. The number of nitrogens with zero attached hydrogens (tertiary/aromatic N) is 1. The van der Waals surface area contributed by atoms with E-state index in [1.165, 1.54) is 6.07 Å². The second-order valence-electron chi connectivity index (χ2n) is 4.50. The van der Waals surface area contributed by atoms with E-state index in [9.17, 15) is 18.0 Å². The minimum absolute atomic E-state index is 0.0465. The maximum atomic E-state index is 12.5. The highest BCUT2D eigenvalue weighted by atomic mass is 35.5. The fourth-order valence-electron chi connectivity index (χ4n) is 1.79. The van der Waals surface area contributed by atoms with Gasteiger partial charge < -0.3 is 0 Å². The molecule has 2 aromatic carbocycles. The molecule has 2 aromatic rings. The molecule has 0 saturated carbocycles. The largest absolute Gasteiger partial charge is 0.450 e. The van der Waals surface area contributed by atoms with Crippen molar-refractivity contribution in [1.29, 1.82) is 0 Å². The number of hydrogen-bond acceptors (Lipinski definition) is 2. The molecule has 0 aliphatic rings. The number of halogens is 4. The third-order valence-electron chi connectivity index (χ3n) is 2.82. The van der Waals surface area contributed by atoms with E-state index < -0.39 is 18.4 Å². The molecule has 0 saturated heterocycles. The van der Waals surface area contributed by atoms with Gasteiger partial charge in [0.25, 0.3) is 0 Å². The summed E-state index contributed by atoms with van der Waals surface area (Å²) < 4.78 is 37.5. The van der Waals surface area contributed by atoms with Crippen molar-refractivity contribution < 1.29 is 18.0 Å². The van der Waals surface area contributed by atoms with Gasteiger partial charge in [-0.3, -0.25) is 9.79 Å². The molecule has 0 unspecified atom stereocenters. The lowest BCUT2D eigenvalue weighted by Crippen LogP contribution is -2.25. The van der Waals surface area contributed by atoms with Crippen LogP contribution in [-0.2, 0) is 4.79 Å². The van der Waals surface area contributed by atoms with E-state index in [1.807, 2.05) is 0 Å². The molecule has 0 amide bonds. The molecule has 0 radical (unpaired) electrons. The quantitative estimate of drug-likeness (QED) is 0.729. The van der Waals surface area contributed by atoms with Gasteiger partial charge in [-0.25, -0.2) is 0 Å². The number of alkyl halides is 3. The van der Waals surface area contributed by atoms with Crippen molar-refractivity contribution in [3.8, 4) is 0 Å². The molecule has 0 aromatic heterocycles. The van der Waals surface area contributed by atoms with E-state index in [2.05, 4.69) is 4.99 Å². The summed E-state index contributed by atoms with van der Waals surface area (Å²) in [6.07, 6.45) is -5.70. The number of ketones is 1. The van der Waals surface area contributed by atoms with Crippen LogP contribution >= 0.6 is 11.6 Å². The predicted molar refractivity (Wildman–Crippen MR) is 79.8 cm³/mol. The molecule has 0 fully saturated rings. The van der Waals surface area contributed by atoms with Gasteiger partial charge in [0.2, 0.25) is 5.78 Å². The molecule has 2 rings (SSSR count). The zero-order valence-corrected chi connectivity index (χ0v) is 12.0. The molecule has 0 heterocycles. The number of benzene rings is 2. The lowest BCUT2D eigenvalue weighted by molar-refractivity contribution is -0.169. The van der Waals surface area contributed by atoms with Crippen LogP contribution in [0.5, 0.6) is 0 Å². The lowest BCUT2D eigenvalue weighted by atomic mass is 10.0. The smallest absolute Gasteiger partial charge is 0.289 e. The van der Waals surface area contributed by atoms with E-state index in [0.29, 0.717) is 16.3 Å². The Bertz CT molecular complexity index is 696. The SMILES string of the molecule is O=C(CC(=Nc1cccc(Cl)c1)c1ccccc1)C(F)(F)F. The van der Waals surface area contributed by atoms with E-state index in [1.54, 1.807) is 48.5 Å². The molecule has 6 heteroatoms. The van der Waals surface area contributed by atoms with Crippen molar-refractivity contribution in [3.63, 3.8) is 0 Å². The van der Waals surface area contributed by atoms with Crippen molar-refractivity contribution in [2.45, 2.75) is 12.6 Å². The summed E-state index contributed by atoms with van der Waals surface area (Å²) in [5.74, 6) is -1.84. The predicted octanol–water partition coefficient (Wildman–Crippen LogP) is 4.98. The Morgan fingerprint density at radius 1 is 1.05 bits per heavy atom. The Morgan fingerprint density at radius 3 is 2.32 bits per heavy atom. The van der Waals surface area contributed by atoms with Gasteiger partial charge in [-0.05, 0) is 23.8 Å². The van der Waals surface area contributed by atoms with E-state index in [4.69, 9.17) is 11.6 Å². The maximum Gasteiger partial charge on any atom is 0.450 e. The molecular weight excluding hydrogens is 315 g/mol. The van der Waals surface area contributed by atoms with Gasteiger partial charge in [-0.15, -0.1) is 0 Å². The van der Waals surface area contributed by atoms with Crippen LogP contribution in [0.4, 0.5) is 18.9 Å². The lowest BCUT2D eigenvalue weighted by Gasteiger charge is -2.09. The molecule has 0 bridgehead atoms. The number of rotatable bonds is 4. The highest BCUT2D eigenvalue weighted by Gasteiger charge is 2.38. The number of aliphatic imine (C=N–C) groups is 1. The third kappa shape index (κ3) is 4.43. The molecule has 0 atom stereocenters. The van der Waals surface area contributed by atoms with Crippen LogP contribution in [0, 0.1) is 0 Å². The normalized spacial score (nSPS) is 12.3. The Labute approximate surface area is 130 Å². The van der Waals surface area contributed by atoms with Crippen LogP contribution in [0.15, 0.2) is 59.6 Å². The fourth-order valence-corrected chi connectivity index (χ4v) is 1.98. The van der Waals surface area contributed by atoms with Crippen LogP contribution in [0.2, 0.25) is 5.02 Å². The van der Waals surface area contributed by atoms with Gasteiger partial charge >= 0.3 is 6.18 Å². The van der Waals surface area contributed by atoms with Crippen LogP contribution in [0.3, 0.4) is 0 Å². The summed E-state index contributed by atoms with van der Waals surface area (Å²) in [7, 11) is 0. The van der Waals surface area contributed by atoms with Crippen molar-refractivity contribution in [1.82, 2.24) is 0 Å². The first-order valence-corrected chi connectivity index (χ1v) is 6.72. The molecule has 22 heavy (non-hydrogen) atoms. The summed E-state index contributed by atoms with van der Waals surface area (Å²) in [5.41, 5.74) is 0.895. The molecule has 114 valence electrons. The number of Topliss-reactive ketones (excluding diaryl/α,β-unsaturated/α-hetero) is 1. The summed E-state index contributed by atoms with van der Waals surface area (Å²) in [4.78, 5) is 15.4. The van der Waals surface area contributed by atoms with Gasteiger partial charge in [0.05, 0.1) is 17.8 Å². The minimum Gasteiger partial charge on any atom is -0.289 e. The van der Waals surface area contributed by atoms with Crippen LogP contribution in [-0.4, -0.2) is 17.7 Å². The third-order valence-corrected chi connectivity index (χ3v) is 3.06. The standard InChI is InChI=1S/C16H11ClF3NO/c17-12-7-4-8-13(9-12)21-14(10-15(22)16(18,19)20)11-5-2-1-3-6-11/h1-9H,10H2. The first-order valence-electron chi connectivity index (χ1n) is 6.35. The Balaban J connectivity index is 2.40. The van der Waals surface area contributed by atoms with Gasteiger partial charge in [0.1, 0.15) is 0 Å². The summed E-state index contributed by atoms with van der Waals surface area (Å²) in [6.45, 7) is 0. The number of carbonyl (C=O) groups is 1. The fraction of sp³-hybridized carbons (Fsp3) is 0.125. The first kappa shape index (κ1) is 16.2. The van der Waals surface area contributed by atoms with E-state index in [-0.39, 0.29) is 5.71 Å².